The number of rotatable bonds is 56. The van der Waals surface area contributed by atoms with Crippen LogP contribution in [0.3, 0.4) is 0 Å². The van der Waals surface area contributed by atoms with E-state index < -0.39 is 26.5 Å². The Balaban J connectivity index is 4.11. The van der Waals surface area contributed by atoms with Gasteiger partial charge in [-0.15, -0.1) is 0 Å². The molecule has 0 spiro atoms. The van der Waals surface area contributed by atoms with Crippen LogP contribution in [0.2, 0.25) is 0 Å². The highest BCUT2D eigenvalue weighted by Gasteiger charge is 2.27. The van der Waals surface area contributed by atoms with Gasteiger partial charge in [-0.3, -0.25) is 18.6 Å². The lowest BCUT2D eigenvalue weighted by atomic mass is 10.0. The average Bonchev–Trinajstić information content (AvgIpc) is 3.32. The highest BCUT2D eigenvalue weighted by Crippen LogP contribution is 2.43. The molecule has 0 amide bonds. The normalized spacial score (nSPS) is 13.4. The van der Waals surface area contributed by atoms with E-state index in [0.29, 0.717) is 23.9 Å². The number of carbonyl (C=O) groups is 2. The molecule has 2 atom stereocenters. The third kappa shape index (κ3) is 55.8. The summed E-state index contributed by atoms with van der Waals surface area (Å²) in [7, 11) is 1.49. The van der Waals surface area contributed by atoms with E-state index >= 15 is 0 Å². The summed E-state index contributed by atoms with van der Waals surface area (Å²) in [5.41, 5.74) is 0. The van der Waals surface area contributed by atoms with Gasteiger partial charge in [-0.1, -0.05) is 263 Å². The summed E-state index contributed by atoms with van der Waals surface area (Å²) in [6, 6.07) is 0. The molecule has 1 N–H and O–H groups in total. The highest BCUT2D eigenvalue weighted by atomic mass is 31.2. The van der Waals surface area contributed by atoms with E-state index in [0.717, 1.165) is 44.9 Å². The second-order valence-electron chi connectivity index (χ2n) is 21.7. The molecule has 70 heavy (non-hydrogen) atoms. The van der Waals surface area contributed by atoms with Crippen molar-refractivity contribution in [2.24, 2.45) is 0 Å². The Morgan fingerprint density at radius 3 is 1.13 bits per heavy atom. The molecular formula is C60H117NO8P+. The second-order valence-corrected chi connectivity index (χ2v) is 23.2. The molecule has 0 saturated carbocycles. The number of hydrogen-bond acceptors (Lipinski definition) is 7. The Labute approximate surface area is 434 Å². The number of unbranched alkanes of at least 4 members (excludes halogenated alkanes) is 38. The number of phosphoric acid groups is 1. The molecule has 0 aromatic carbocycles. The zero-order valence-corrected chi connectivity index (χ0v) is 47.9. The van der Waals surface area contributed by atoms with Crippen molar-refractivity contribution in [2.75, 3.05) is 47.5 Å². The molecule has 9 nitrogen and oxygen atoms in total. The van der Waals surface area contributed by atoms with Gasteiger partial charge in [-0.05, 0) is 44.9 Å². The zero-order valence-electron chi connectivity index (χ0n) is 47.0. The van der Waals surface area contributed by atoms with Gasteiger partial charge >= 0.3 is 19.8 Å². The number of ether oxygens (including phenoxy) is 2. The van der Waals surface area contributed by atoms with Crippen LogP contribution in [0, 0.1) is 0 Å². The molecule has 0 saturated heterocycles. The lowest BCUT2D eigenvalue weighted by molar-refractivity contribution is -0.870. The van der Waals surface area contributed by atoms with E-state index in [9.17, 15) is 19.0 Å². The van der Waals surface area contributed by atoms with Crippen molar-refractivity contribution < 1.29 is 42.1 Å². The van der Waals surface area contributed by atoms with Crippen LogP contribution in [0.5, 0.6) is 0 Å². The Hall–Kier alpha value is -1.51. The van der Waals surface area contributed by atoms with E-state index in [-0.39, 0.29) is 25.6 Å². The van der Waals surface area contributed by atoms with Gasteiger partial charge in [0.1, 0.15) is 19.8 Å². The third-order valence-electron chi connectivity index (χ3n) is 13.5. The van der Waals surface area contributed by atoms with Crippen molar-refractivity contribution in [2.45, 2.75) is 302 Å². The minimum Gasteiger partial charge on any atom is -0.462 e. The molecule has 0 fully saturated rings. The number of nitrogens with zero attached hydrogens (tertiary/aromatic N) is 1. The molecule has 0 aromatic rings. The fourth-order valence-corrected chi connectivity index (χ4v) is 9.56. The Morgan fingerprint density at radius 1 is 0.443 bits per heavy atom. The molecule has 0 aliphatic heterocycles. The molecule has 0 heterocycles. The number of hydrogen-bond donors (Lipinski definition) is 1. The Bertz CT molecular complexity index is 1240. The van der Waals surface area contributed by atoms with Crippen molar-refractivity contribution in [1.29, 1.82) is 0 Å². The quantitative estimate of drug-likeness (QED) is 0.0211. The number of esters is 2. The van der Waals surface area contributed by atoms with Gasteiger partial charge in [-0.2, -0.15) is 0 Å². The molecule has 0 aliphatic carbocycles. The van der Waals surface area contributed by atoms with Crippen molar-refractivity contribution in [3.8, 4) is 0 Å². The van der Waals surface area contributed by atoms with E-state index in [1.807, 2.05) is 21.1 Å². The number of phosphoric ester groups is 1. The van der Waals surface area contributed by atoms with E-state index in [1.54, 1.807) is 0 Å². The van der Waals surface area contributed by atoms with Gasteiger partial charge in [0.05, 0.1) is 27.7 Å². The fourth-order valence-electron chi connectivity index (χ4n) is 8.81. The predicted molar refractivity (Wildman–Crippen MR) is 298 cm³/mol. The van der Waals surface area contributed by atoms with Crippen LogP contribution in [-0.2, 0) is 32.7 Å². The fraction of sp³-hybridized carbons (Fsp3) is 0.900. The summed E-state index contributed by atoms with van der Waals surface area (Å²) in [6.07, 6.45) is 62.5. The first-order valence-electron chi connectivity index (χ1n) is 30.1. The molecule has 414 valence electrons. The molecule has 0 aromatic heterocycles. The first-order valence-corrected chi connectivity index (χ1v) is 31.6. The number of quaternary nitrogens is 1. The maximum absolute atomic E-state index is 12.8. The van der Waals surface area contributed by atoms with Crippen LogP contribution in [0.4, 0.5) is 0 Å². The van der Waals surface area contributed by atoms with Gasteiger partial charge in [0, 0.05) is 12.8 Å². The second kappa shape index (κ2) is 52.4. The predicted octanol–water partition coefficient (Wildman–Crippen LogP) is 18.6. The summed E-state index contributed by atoms with van der Waals surface area (Å²) in [5.74, 6) is -0.785. The molecule has 0 rings (SSSR count). The smallest absolute Gasteiger partial charge is 0.462 e. The highest BCUT2D eigenvalue weighted by molar-refractivity contribution is 7.47. The number of carbonyl (C=O) groups excluding carboxylic acids is 2. The first kappa shape index (κ1) is 68.5. The van der Waals surface area contributed by atoms with Crippen LogP contribution >= 0.6 is 7.82 Å². The lowest BCUT2D eigenvalue weighted by Crippen LogP contribution is -2.37. The average molecular weight is 1010 g/mol. The standard InChI is InChI=1S/C60H116NO8P/c1-6-8-10-12-14-16-18-20-22-24-26-28-29-30-31-33-34-36-38-40-42-44-46-48-50-52-59(62)66-56-58(57-68-70(64,65)67-55-54-61(3,4)5)69-60(63)53-51-49-47-45-43-41-39-37-35-32-27-25-23-21-19-17-15-13-11-9-7-2/h19,21,25,27,58H,6-18,20,22-24,26,28-57H2,1-5H3/p+1/b21-19-,27-25-. The molecule has 10 heteroatoms. The Kier molecular flexibility index (Phi) is 51.2. The van der Waals surface area contributed by atoms with Crippen molar-refractivity contribution >= 4 is 19.8 Å². The zero-order chi connectivity index (χ0) is 51.3. The summed E-state index contributed by atoms with van der Waals surface area (Å²) in [6.45, 7) is 4.47. The van der Waals surface area contributed by atoms with Gasteiger partial charge in [0.15, 0.2) is 6.10 Å². The van der Waals surface area contributed by atoms with E-state index in [2.05, 4.69) is 38.2 Å². The maximum Gasteiger partial charge on any atom is 0.472 e. The molecule has 0 aliphatic rings. The van der Waals surface area contributed by atoms with Crippen LogP contribution in [-0.4, -0.2) is 74.9 Å². The molecule has 0 bridgehead atoms. The van der Waals surface area contributed by atoms with E-state index in [4.69, 9.17) is 18.5 Å². The molecular weight excluding hydrogens is 894 g/mol. The first-order chi connectivity index (χ1) is 34.0. The van der Waals surface area contributed by atoms with Gasteiger partial charge in [-0.25, -0.2) is 4.57 Å². The van der Waals surface area contributed by atoms with Crippen LogP contribution in [0.15, 0.2) is 24.3 Å². The molecule has 2 unspecified atom stereocenters. The largest absolute Gasteiger partial charge is 0.472 e. The Morgan fingerprint density at radius 2 is 0.771 bits per heavy atom. The third-order valence-corrected chi connectivity index (χ3v) is 14.5. The topological polar surface area (TPSA) is 108 Å². The monoisotopic (exact) mass is 1010 g/mol. The number of allylic oxidation sites excluding steroid dienone is 4. The van der Waals surface area contributed by atoms with Crippen molar-refractivity contribution in [1.82, 2.24) is 0 Å². The summed E-state index contributed by atoms with van der Waals surface area (Å²) >= 11 is 0. The van der Waals surface area contributed by atoms with Crippen LogP contribution < -0.4 is 0 Å². The van der Waals surface area contributed by atoms with Gasteiger partial charge in [0.2, 0.25) is 0 Å². The van der Waals surface area contributed by atoms with Gasteiger partial charge in [0.25, 0.3) is 0 Å². The van der Waals surface area contributed by atoms with Crippen molar-refractivity contribution in [3.63, 3.8) is 0 Å². The minimum atomic E-state index is -4.38. The van der Waals surface area contributed by atoms with Gasteiger partial charge < -0.3 is 18.9 Å². The van der Waals surface area contributed by atoms with Crippen LogP contribution in [0.1, 0.15) is 296 Å². The molecule has 0 radical (unpaired) electrons. The van der Waals surface area contributed by atoms with E-state index in [1.165, 1.54) is 218 Å². The summed E-state index contributed by atoms with van der Waals surface area (Å²) in [4.78, 5) is 35.7. The maximum atomic E-state index is 12.8. The minimum absolute atomic E-state index is 0.0333. The summed E-state index contributed by atoms with van der Waals surface area (Å²) in [5, 5.41) is 0. The SMILES string of the molecule is CCCCCCC/C=C\C/C=C\CCCCCCCCCCCC(=O)OC(COC(=O)CCCCCCCCCCCCCCCCCCCCCCCCCCC)COP(=O)(O)OCC[N+](C)(C)C. The number of likely N-dealkylation sites (N-methyl/N-ethyl adjacent to an activating group) is 1. The van der Waals surface area contributed by atoms with Crippen LogP contribution in [0.25, 0.3) is 0 Å². The lowest BCUT2D eigenvalue weighted by Gasteiger charge is -2.24. The van der Waals surface area contributed by atoms with Crippen molar-refractivity contribution in [3.05, 3.63) is 24.3 Å². The summed E-state index contributed by atoms with van der Waals surface area (Å²) < 4.78 is 34.6.